The van der Waals surface area contributed by atoms with Crippen molar-refractivity contribution in [1.82, 2.24) is 18.7 Å². The number of hydrogen-bond donors (Lipinski definition) is 1. The maximum absolute atomic E-state index is 12.6. The van der Waals surface area contributed by atoms with Gasteiger partial charge in [0, 0.05) is 20.2 Å². The second-order valence-electron chi connectivity index (χ2n) is 5.92. The molecule has 0 fully saturated rings. The molecule has 0 saturated heterocycles. The molecule has 0 radical (unpaired) electrons. The summed E-state index contributed by atoms with van der Waals surface area (Å²) < 4.78 is 9.63. The van der Waals surface area contributed by atoms with E-state index in [0.29, 0.717) is 16.9 Å². The Kier molecular flexibility index (Phi) is 4.93. The summed E-state index contributed by atoms with van der Waals surface area (Å²) in [5.74, 6) is -0.471. The van der Waals surface area contributed by atoms with Crippen LogP contribution in [0.3, 0.4) is 0 Å². The van der Waals surface area contributed by atoms with Crippen LogP contribution in [-0.4, -0.2) is 36.4 Å². The zero-order chi connectivity index (χ0) is 19.6. The molecule has 9 heteroatoms. The van der Waals surface area contributed by atoms with E-state index in [1.807, 2.05) is 0 Å². The minimum Gasteiger partial charge on any atom is -0.492 e. The highest BCUT2D eigenvalue weighted by atomic mass is 16.5. The predicted octanol–water partition coefficient (Wildman–Crippen LogP) is 0.611. The van der Waals surface area contributed by atoms with Crippen LogP contribution in [0.5, 0.6) is 5.75 Å². The lowest BCUT2D eigenvalue weighted by molar-refractivity contribution is -0.131. The first kappa shape index (κ1) is 18.2. The van der Waals surface area contributed by atoms with E-state index >= 15 is 0 Å². The standard InChI is InChI=1S/C18H18N4O5/c1-20-11-19-16-15(20)17(25)22(18(26)21(16)2)9-10-27-13-6-3-12(4-7-13)5-8-14(23)24/h3-8,11H,9-10H2,1-2H3,(H,23,24)/b8-5+. The molecule has 2 aromatic heterocycles. The van der Waals surface area contributed by atoms with E-state index in [1.54, 1.807) is 42.9 Å². The quantitative estimate of drug-likeness (QED) is 0.637. The lowest BCUT2D eigenvalue weighted by Crippen LogP contribution is -2.40. The Bertz CT molecular complexity index is 1140. The molecule has 1 aromatic carbocycles. The number of carboxylic acids is 1. The predicted molar refractivity (Wildman–Crippen MR) is 98.8 cm³/mol. The van der Waals surface area contributed by atoms with Gasteiger partial charge in [0.15, 0.2) is 11.2 Å². The summed E-state index contributed by atoms with van der Waals surface area (Å²) >= 11 is 0. The van der Waals surface area contributed by atoms with E-state index in [0.717, 1.165) is 16.2 Å². The smallest absolute Gasteiger partial charge is 0.332 e. The Morgan fingerprint density at radius 2 is 1.93 bits per heavy atom. The molecule has 3 aromatic rings. The number of aryl methyl sites for hydroxylation is 2. The highest BCUT2D eigenvalue weighted by Crippen LogP contribution is 2.13. The molecule has 0 aliphatic rings. The summed E-state index contributed by atoms with van der Waals surface area (Å²) in [5.41, 5.74) is 0.549. The normalized spacial score (nSPS) is 11.3. The van der Waals surface area contributed by atoms with Crippen molar-refractivity contribution in [1.29, 1.82) is 0 Å². The fourth-order valence-electron chi connectivity index (χ4n) is 2.69. The van der Waals surface area contributed by atoms with E-state index in [4.69, 9.17) is 9.84 Å². The van der Waals surface area contributed by atoms with Crippen molar-refractivity contribution in [3.63, 3.8) is 0 Å². The Morgan fingerprint density at radius 1 is 1.22 bits per heavy atom. The van der Waals surface area contributed by atoms with Gasteiger partial charge in [-0.15, -0.1) is 0 Å². The molecule has 0 amide bonds. The maximum Gasteiger partial charge on any atom is 0.332 e. The van der Waals surface area contributed by atoms with E-state index < -0.39 is 17.2 Å². The summed E-state index contributed by atoms with van der Waals surface area (Å²) in [6, 6.07) is 6.79. The third kappa shape index (κ3) is 3.66. The van der Waals surface area contributed by atoms with Crippen LogP contribution in [0.4, 0.5) is 0 Å². The first-order chi connectivity index (χ1) is 12.9. The van der Waals surface area contributed by atoms with Crippen LogP contribution in [0.15, 0.2) is 46.3 Å². The van der Waals surface area contributed by atoms with Crippen LogP contribution in [0.2, 0.25) is 0 Å². The molecule has 1 N–H and O–H groups in total. The lowest BCUT2D eigenvalue weighted by Gasteiger charge is -2.10. The Balaban J connectivity index is 1.74. The molecule has 140 valence electrons. The SMILES string of the molecule is Cn1cnc2c1c(=O)n(CCOc1ccc(/C=C/C(=O)O)cc1)c(=O)n2C. The minimum atomic E-state index is -1.02. The molecular formula is C18H18N4O5. The second-order valence-corrected chi connectivity index (χ2v) is 5.92. The number of rotatable bonds is 6. The zero-order valence-corrected chi connectivity index (χ0v) is 14.8. The molecule has 27 heavy (non-hydrogen) atoms. The lowest BCUT2D eigenvalue weighted by atomic mass is 10.2. The van der Waals surface area contributed by atoms with Crippen molar-refractivity contribution in [3.05, 3.63) is 63.1 Å². The minimum absolute atomic E-state index is 0.0906. The fraction of sp³-hybridized carbons (Fsp3) is 0.222. The van der Waals surface area contributed by atoms with Gasteiger partial charge in [-0.2, -0.15) is 0 Å². The average molecular weight is 370 g/mol. The number of benzene rings is 1. The Labute approximate surface area is 153 Å². The van der Waals surface area contributed by atoms with Gasteiger partial charge in [-0.3, -0.25) is 13.9 Å². The highest BCUT2D eigenvalue weighted by molar-refractivity contribution is 5.85. The van der Waals surface area contributed by atoms with Crippen molar-refractivity contribution >= 4 is 23.2 Å². The first-order valence-electron chi connectivity index (χ1n) is 8.13. The third-order valence-electron chi connectivity index (χ3n) is 4.08. The molecule has 9 nitrogen and oxygen atoms in total. The number of fused-ring (bicyclic) bond motifs is 1. The van der Waals surface area contributed by atoms with Crippen LogP contribution in [-0.2, 0) is 25.4 Å². The Hall–Kier alpha value is -3.62. The molecular weight excluding hydrogens is 352 g/mol. The Morgan fingerprint density at radius 3 is 2.59 bits per heavy atom. The third-order valence-corrected chi connectivity index (χ3v) is 4.08. The summed E-state index contributed by atoms with van der Waals surface area (Å²) in [6.07, 6.45) is 4.01. The summed E-state index contributed by atoms with van der Waals surface area (Å²) in [6.45, 7) is 0.218. The van der Waals surface area contributed by atoms with Crippen LogP contribution in [0.25, 0.3) is 17.2 Å². The number of carboxylic acid groups (broad SMARTS) is 1. The van der Waals surface area contributed by atoms with Crippen molar-refractivity contribution < 1.29 is 14.6 Å². The van der Waals surface area contributed by atoms with Gasteiger partial charge in [0.05, 0.1) is 12.9 Å². The van der Waals surface area contributed by atoms with Crippen LogP contribution < -0.4 is 16.0 Å². The van der Waals surface area contributed by atoms with E-state index in [9.17, 15) is 14.4 Å². The fourth-order valence-corrected chi connectivity index (χ4v) is 2.69. The number of hydrogen-bond acceptors (Lipinski definition) is 5. The van der Waals surface area contributed by atoms with E-state index in [2.05, 4.69) is 4.98 Å². The molecule has 0 spiro atoms. The van der Waals surface area contributed by atoms with Crippen LogP contribution in [0, 0.1) is 0 Å². The molecule has 3 rings (SSSR count). The highest BCUT2D eigenvalue weighted by Gasteiger charge is 2.14. The van der Waals surface area contributed by atoms with E-state index in [1.165, 1.54) is 17.0 Å². The van der Waals surface area contributed by atoms with Crippen LogP contribution >= 0.6 is 0 Å². The molecule has 0 unspecified atom stereocenters. The van der Waals surface area contributed by atoms with Gasteiger partial charge in [0.2, 0.25) is 0 Å². The van der Waals surface area contributed by atoms with Gasteiger partial charge in [0.25, 0.3) is 5.56 Å². The zero-order valence-electron chi connectivity index (χ0n) is 14.8. The second kappa shape index (κ2) is 7.32. The number of carbonyl (C=O) groups is 1. The molecule has 0 saturated carbocycles. The van der Waals surface area contributed by atoms with Crippen LogP contribution in [0.1, 0.15) is 5.56 Å². The number of aromatic nitrogens is 4. The largest absolute Gasteiger partial charge is 0.492 e. The van der Waals surface area contributed by atoms with Gasteiger partial charge in [-0.25, -0.2) is 14.6 Å². The van der Waals surface area contributed by atoms with Gasteiger partial charge in [-0.05, 0) is 23.8 Å². The summed E-state index contributed by atoms with van der Waals surface area (Å²) in [4.78, 5) is 39.6. The van der Waals surface area contributed by atoms with Crippen molar-refractivity contribution in [2.45, 2.75) is 6.54 Å². The molecule has 0 bridgehead atoms. The van der Waals surface area contributed by atoms with Gasteiger partial charge < -0.3 is 14.4 Å². The van der Waals surface area contributed by atoms with E-state index in [-0.39, 0.29) is 13.2 Å². The maximum atomic E-state index is 12.6. The average Bonchev–Trinajstić information content (AvgIpc) is 3.04. The molecule has 0 aliphatic heterocycles. The molecule has 2 heterocycles. The summed E-state index contributed by atoms with van der Waals surface area (Å²) in [7, 11) is 3.26. The van der Waals surface area contributed by atoms with Gasteiger partial charge >= 0.3 is 11.7 Å². The summed E-state index contributed by atoms with van der Waals surface area (Å²) in [5, 5.41) is 8.62. The van der Waals surface area contributed by atoms with Crippen molar-refractivity contribution in [2.24, 2.45) is 14.1 Å². The molecule has 0 atom stereocenters. The van der Waals surface area contributed by atoms with Crippen molar-refractivity contribution in [3.8, 4) is 5.75 Å². The van der Waals surface area contributed by atoms with Crippen molar-refractivity contribution in [2.75, 3.05) is 6.61 Å². The number of imidazole rings is 1. The molecule has 0 aliphatic carbocycles. The topological polar surface area (TPSA) is 108 Å². The first-order valence-corrected chi connectivity index (χ1v) is 8.13. The number of nitrogens with zero attached hydrogens (tertiary/aromatic N) is 4. The van der Waals surface area contributed by atoms with Gasteiger partial charge in [-0.1, -0.05) is 12.1 Å². The number of ether oxygens (including phenoxy) is 1. The number of aliphatic carboxylic acids is 1. The monoisotopic (exact) mass is 370 g/mol. The van der Waals surface area contributed by atoms with Gasteiger partial charge in [0.1, 0.15) is 12.4 Å².